The van der Waals surface area contributed by atoms with Crippen molar-refractivity contribution in [2.75, 3.05) is 7.11 Å². The van der Waals surface area contributed by atoms with E-state index in [2.05, 4.69) is 18.8 Å². The predicted molar refractivity (Wildman–Crippen MR) is 69.4 cm³/mol. The van der Waals surface area contributed by atoms with Gasteiger partial charge < -0.3 is 9.84 Å². The molecule has 0 aliphatic heterocycles. The SMILES string of the molecule is COC(C)Cc1nc2c(s1)C(O)CC(C)(C)C2. The molecule has 0 spiro atoms. The van der Waals surface area contributed by atoms with Gasteiger partial charge in [-0.1, -0.05) is 13.8 Å². The van der Waals surface area contributed by atoms with E-state index in [9.17, 15) is 5.11 Å². The molecule has 2 rings (SSSR count). The highest BCUT2D eigenvalue weighted by atomic mass is 32.1. The Morgan fingerprint density at radius 2 is 2.29 bits per heavy atom. The molecule has 0 aromatic carbocycles. The van der Waals surface area contributed by atoms with Crippen LogP contribution in [0.2, 0.25) is 0 Å². The van der Waals surface area contributed by atoms with Crippen LogP contribution in [-0.4, -0.2) is 23.3 Å². The molecule has 0 amide bonds. The number of rotatable bonds is 3. The second-order valence-corrected chi connectivity index (χ2v) is 6.85. The number of aliphatic hydroxyl groups excluding tert-OH is 1. The van der Waals surface area contributed by atoms with Crippen molar-refractivity contribution in [3.05, 3.63) is 15.6 Å². The molecule has 0 saturated heterocycles. The summed E-state index contributed by atoms with van der Waals surface area (Å²) < 4.78 is 5.26. The molecule has 2 atom stereocenters. The second-order valence-electron chi connectivity index (χ2n) is 5.73. The fourth-order valence-electron chi connectivity index (χ4n) is 2.36. The lowest BCUT2D eigenvalue weighted by Gasteiger charge is -2.31. The van der Waals surface area contributed by atoms with Crippen molar-refractivity contribution in [2.24, 2.45) is 5.41 Å². The number of aliphatic hydroxyl groups is 1. The number of hydrogen-bond acceptors (Lipinski definition) is 4. The van der Waals surface area contributed by atoms with E-state index in [-0.39, 0.29) is 17.6 Å². The van der Waals surface area contributed by atoms with Crippen LogP contribution < -0.4 is 0 Å². The fraction of sp³-hybridized carbons (Fsp3) is 0.769. The molecular formula is C13H21NO2S. The largest absolute Gasteiger partial charge is 0.387 e. The molecule has 96 valence electrons. The molecule has 2 unspecified atom stereocenters. The molecule has 0 radical (unpaired) electrons. The Kier molecular flexibility index (Phi) is 3.57. The maximum atomic E-state index is 10.1. The van der Waals surface area contributed by atoms with Crippen molar-refractivity contribution >= 4 is 11.3 Å². The van der Waals surface area contributed by atoms with Gasteiger partial charge >= 0.3 is 0 Å². The Labute approximate surface area is 107 Å². The van der Waals surface area contributed by atoms with Crippen LogP contribution in [0.5, 0.6) is 0 Å². The van der Waals surface area contributed by atoms with Crippen molar-refractivity contribution in [3.8, 4) is 0 Å². The number of thiazole rings is 1. The zero-order valence-electron chi connectivity index (χ0n) is 11.0. The average Bonchev–Trinajstić information content (AvgIpc) is 2.58. The summed E-state index contributed by atoms with van der Waals surface area (Å²) >= 11 is 1.65. The lowest BCUT2D eigenvalue weighted by molar-refractivity contribution is 0.102. The quantitative estimate of drug-likeness (QED) is 0.903. The zero-order chi connectivity index (χ0) is 12.6. The van der Waals surface area contributed by atoms with Crippen LogP contribution in [-0.2, 0) is 17.6 Å². The maximum absolute atomic E-state index is 10.1. The molecule has 1 aliphatic carbocycles. The average molecular weight is 255 g/mol. The van der Waals surface area contributed by atoms with E-state index >= 15 is 0 Å². The predicted octanol–water partition coefficient (Wildman–Crippen LogP) is 2.73. The van der Waals surface area contributed by atoms with Crippen LogP contribution >= 0.6 is 11.3 Å². The Hall–Kier alpha value is -0.450. The lowest BCUT2D eigenvalue weighted by atomic mass is 9.77. The topological polar surface area (TPSA) is 42.4 Å². The molecular weight excluding hydrogens is 234 g/mol. The lowest BCUT2D eigenvalue weighted by Crippen LogP contribution is -2.24. The third-order valence-electron chi connectivity index (χ3n) is 3.33. The van der Waals surface area contributed by atoms with Gasteiger partial charge in [-0.3, -0.25) is 0 Å². The smallest absolute Gasteiger partial charge is 0.0957 e. The number of hydrogen-bond donors (Lipinski definition) is 1. The minimum Gasteiger partial charge on any atom is -0.387 e. The Bertz CT molecular complexity index is 400. The van der Waals surface area contributed by atoms with E-state index in [1.165, 1.54) is 0 Å². The first-order chi connectivity index (χ1) is 7.91. The van der Waals surface area contributed by atoms with Crippen molar-refractivity contribution in [3.63, 3.8) is 0 Å². The molecule has 0 fully saturated rings. The minimum absolute atomic E-state index is 0.157. The van der Waals surface area contributed by atoms with Crippen LogP contribution in [0.15, 0.2) is 0 Å². The van der Waals surface area contributed by atoms with Gasteiger partial charge in [0.05, 0.1) is 27.8 Å². The first-order valence-corrected chi connectivity index (χ1v) is 6.92. The molecule has 3 nitrogen and oxygen atoms in total. The number of methoxy groups -OCH3 is 1. The van der Waals surface area contributed by atoms with Gasteiger partial charge in [-0.25, -0.2) is 4.98 Å². The van der Waals surface area contributed by atoms with Gasteiger partial charge in [0, 0.05) is 13.5 Å². The Morgan fingerprint density at radius 3 is 2.94 bits per heavy atom. The molecule has 1 N–H and O–H groups in total. The van der Waals surface area contributed by atoms with E-state index in [0.29, 0.717) is 0 Å². The van der Waals surface area contributed by atoms with Crippen LogP contribution in [0.1, 0.15) is 48.9 Å². The maximum Gasteiger partial charge on any atom is 0.0957 e. The molecule has 17 heavy (non-hydrogen) atoms. The number of aromatic nitrogens is 1. The van der Waals surface area contributed by atoms with Crippen LogP contribution in [0.4, 0.5) is 0 Å². The first-order valence-electron chi connectivity index (χ1n) is 6.10. The summed E-state index contributed by atoms with van der Waals surface area (Å²) in [6.45, 7) is 6.42. The van der Waals surface area contributed by atoms with Gasteiger partial charge in [0.2, 0.25) is 0 Å². The van der Waals surface area contributed by atoms with Crippen molar-refractivity contribution in [2.45, 2.75) is 52.2 Å². The normalized spacial score (nSPS) is 24.4. The van der Waals surface area contributed by atoms with Gasteiger partial charge in [-0.15, -0.1) is 11.3 Å². The highest BCUT2D eigenvalue weighted by Gasteiger charge is 2.34. The third kappa shape index (κ3) is 2.87. The molecule has 1 aromatic rings. The molecule has 0 saturated carbocycles. The van der Waals surface area contributed by atoms with Gasteiger partial charge in [0.25, 0.3) is 0 Å². The molecule has 1 heterocycles. The molecule has 4 heteroatoms. The van der Waals surface area contributed by atoms with E-state index in [1.54, 1.807) is 18.4 Å². The monoisotopic (exact) mass is 255 g/mol. The standard InChI is InChI=1S/C13H21NO2S/c1-8(16-4)5-11-14-9-6-13(2,3)7-10(15)12(9)17-11/h8,10,15H,5-7H2,1-4H3. The minimum atomic E-state index is -0.335. The first kappa shape index (κ1) is 13.0. The van der Waals surface area contributed by atoms with Gasteiger partial charge in [0.1, 0.15) is 0 Å². The van der Waals surface area contributed by atoms with Crippen molar-refractivity contribution in [1.29, 1.82) is 0 Å². The highest BCUT2D eigenvalue weighted by Crippen LogP contribution is 2.43. The van der Waals surface area contributed by atoms with Gasteiger partial charge in [-0.05, 0) is 25.2 Å². The second kappa shape index (κ2) is 4.67. The van der Waals surface area contributed by atoms with Crippen LogP contribution in [0, 0.1) is 5.41 Å². The summed E-state index contributed by atoms with van der Waals surface area (Å²) in [6, 6.07) is 0. The zero-order valence-corrected chi connectivity index (χ0v) is 11.8. The van der Waals surface area contributed by atoms with Crippen molar-refractivity contribution in [1.82, 2.24) is 4.98 Å². The van der Waals surface area contributed by atoms with E-state index in [4.69, 9.17) is 4.74 Å². The summed E-state index contributed by atoms with van der Waals surface area (Å²) in [5.74, 6) is 0. The van der Waals surface area contributed by atoms with Gasteiger partial charge in [-0.2, -0.15) is 0 Å². The summed E-state index contributed by atoms with van der Waals surface area (Å²) in [4.78, 5) is 5.74. The molecule has 0 bridgehead atoms. The number of nitrogens with zero attached hydrogens (tertiary/aromatic N) is 1. The fourth-order valence-corrected chi connectivity index (χ4v) is 3.54. The summed E-state index contributed by atoms with van der Waals surface area (Å²) in [7, 11) is 1.72. The van der Waals surface area contributed by atoms with Crippen molar-refractivity contribution < 1.29 is 9.84 Å². The van der Waals surface area contributed by atoms with E-state index in [1.807, 2.05) is 6.92 Å². The molecule has 1 aromatic heterocycles. The van der Waals surface area contributed by atoms with Crippen LogP contribution in [0.3, 0.4) is 0 Å². The number of ether oxygens (including phenoxy) is 1. The third-order valence-corrected chi connectivity index (χ3v) is 4.55. The number of fused-ring (bicyclic) bond motifs is 1. The Morgan fingerprint density at radius 1 is 1.59 bits per heavy atom. The summed E-state index contributed by atoms with van der Waals surface area (Å²) in [5.41, 5.74) is 1.25. The summed E-state index contributed by atoms with van der Waals surface area (Å²) in [5, 5.41) is 11.2. The van der Waals surface area contributed by atoms with Crippen LogP contribution in [0.25, 0.3) is 0 Å². The summed E-state index contributed by atoms with van der Waals surface area (Å²) in [6.07, 6.45) is 2.49. The molecule has 1 aliphatic rings. The van der Waals surface area contributed by atoms with Gasteiger partial charge in [0.15, 0.2) is 0 Å². The highest BCUT2D eigenvalue weighted by molar-refractivity contribution is 7.11. The Balaban J connectivity index is 2.21. The van der Waals surface area contributed by atoms with E-state index < -0.39 is 0 Å². The van der Waals surface area contributed by atoms with E-state index in [0.717, 1.165) is 34.8 Å².